The summed E-state index contributed by atoms with van der Waals surface area (Å²) in [5, 5.41) is 28.6. The first kappa shape index (κ1) is 16.2. The maximum Gasteiger partial charge on any atom is 0.328 e. The number of phenolic OH excluding ortho intramolecular Hbond substituents is 1. The van der Waals surface area contributed by atoms with Crippen LogP contribution in [0, 0.1) is 0 Å². The summed E-state index contributed by atoms with van der Waals surface area (Å²) in [6.45, 7) is 0. The van der Waals surface area contributed by atoms with Crippen molar-refractivity contribution >= 4 is 37.8 Å². The molecule has 3 N–H and O–H groups in total. The zero-order valence-electron chi connectivity index (χ0n) is 9.88. The van der Waals surface area contributed by atoms with Crippen LogP contribution in [0.25, 0.3) is 0 Å². The third-order valence-corrected chi connectivity index (χ3v) is 3.45. The summed E-state index contributed by atoms with van der Waals surface area (Å²) in [4.78, 5) is 10.5. The molecule has 0 amide bonds. The number of carbonyl (C=O) groups is 1. The third-order valence-electron chi connectivity index (χ3n) is 2.39. The molecular weight excluding hydrogens is 384 g/mol. The number of methoxy groups -OCH3 is 1. The Kier molecular flexibility index (Phi) is 5.99. The number of aliphatic hydroxyl groups excluding tert-OH is 1. The van der Waals surface area contributed by atoms with Crippen molar-refractivity contribution in [1.29, 1.82) is 0 Å². The molecule has 1 aromatic carbocycles. The van der Waals surface area contributed by atoms with Gasteiger partial charge in [-0.1, -0.05) is 15.9 Å². The monoisotopic (exact) mass is 394 g/mol. The highest BCUT2D eigenvalue weighted by Crippen LogP contribution is 2.36. The number of benzene rings is 1. The molecule has 104 valence electrons. The maximum absolute atomic E-state index is 10.5. The van der Waals surface area contributed by atoms with E-state index in [1.165, 1.54) is 19.3 Å². The standard InChI is InChI=1S/C12H12Br2O5/c1-19-9(2-3-10(15)16)12(18)7-4-6(13)5-8(14)11(7)17/h2-5,9,12,17-18H,1H3,(H,15,16)/b3-2+/t9-,12-/m1/s1. The van der Waals surface area contributed by atoms with Crippen LogP contribution in [0.15, 0.2) is 33.2 Å². The van der Waals surface area contributed by atoms with Crippen molar-refractivity contribution in [3.63, 3.8) is 0 Å². The first-order valence-corrected chi connectivity index (χ1v) is 6.75. The summed E-state index contributed by atoms with van der Waals surface area (Å²) in [7, 11) is 1.34. The topological polar surface area (TPSA) is 87.0 Å². The Balaban J connectivity index is 3.10. The predicted octanol–water partition coefficient (Wildman–Crippen LogP) is 2.61. The van der Waals surface area contributed by atoms with E-state index in [-0.39, 0.29) is 11.3 Å². The van der Waals surface area contributed by atoms with Crippen LogP contribution in [0.3, 0.4) is 0 Å². The van der Waals surface area contributed by atoms with E-state index in [4.69, 9.17) is 9.84 Å². The van der Waals surface area contributed by atoms with Gasteiger partial charge in [-0.25, -0.2) is 4.79 Å². The van der Waals surface area contributed by atoms with E-state index in [1.54, 1.807) is 6.07 Å². The number of halogens is 2. The largest absolute Gasteiger partial charge is 0.506 e. The van der Waals surface area contributed by atoms with Crippen LogP contribution in [0.5, 0.6) is 5.75 Å². The van der Waals surface area contributed by atoms with Crippen LogP contribution in [-0.2, 0) is 9.53 Å². The van der Waals surface area contributed by atoms with Crippen molar-refractivity contribution in [3.8, 4) is 5.75 Å². The first-order chi connectivity index (χ1) is 8.86. The van der Waals surface area contributed by atoms with Crippen molar-refractivity contribution in [2.24, 2.45) is 0 Å². The molecule has 0 heterocycles. The summed E-state index contributed by atoms with van der Waals surface area (Å²) in [5.74, 6) is -1.27. The summed E-state index contributed by atoms with van der Waals surface area (Å²) in [6.07, 6.45) is 0.000469. The Hall–Kier alpha value is -0.890. The van der Waals surface area contributed by atoms with Crippen LogP contribution < -0.4 is 0 Å². The third kappa shape index (κ3) is 4.31. The van der Waals surface area contributed by atoms with Gasteiger partial charge < -0.3 is 20.1 Å². The average molecular weight is 396 g/mol. The predicted molar refractivity (Wildman–Crippen MR) is 76.0 cm³/mol. The molecule has 19 heavy (non-hydrogen) atoms. The highest BCUT2D eigenvalue weighted by molar-refractivity contribution is 9.11. The number of hydrogen-bond acceptors (Lipinski definition) is 4. The molecule has 0 bridgehead atoms. The van der Waals surface area contributed by atoms with Crippen LogP contribution in [0.1, 0.15) is 11.7 Å². The molecule has 5 nitrogen and oxygen atoms in total. The lowest BCUT2D eigenvalue weighted by molar-refractivity contribution is -0.131. The summed E-state index contributed by atoms with van der Waals surface area (Å²) in [6, 6.07) is 3.16. The van der Waals surface area contributed by atoms with E-state index in [0.717, 1.165) is 6.08 Å². The lowest BCUT2D eigenvalue weighted by Crippen LogP contribution is -2.19. The number of hydrogen-bond donors (Lipinski definition) is 3. The van der Waals surface area contributed by atoms with Crippen LogP contribution in [-0.4, -0.2) is 34.5 Å². The smallest absolute Gasteiger partial charge is 0.328 e. The van der Waals surface area contributed by atoms with E-state index in [2.05, 4.69) is 31.9 Å². The van der Waals surface area contributed by atoms with Gasteiger partial charge in [0, 0.05) is 23.2 Å². The molecule has 0 aliphatic carbocycles. The maximum atomic E-state index is 10.5. The molecule has 0 unspecified atom stereocenters. The van der Waals surface area contributed by atoms with Crippen molar-refractivity contribution in [2.75, 3.05) is 7.11 Å². The van der Waals surface area contributed by atoms with Gasteiger partial charge >= 0.3 is 5.97 Å². The van der Waals surface area contributed by atoms with E-state index in [0.29, 0.717) is 8.95 Å². The molecule has 1 aromatic rings. The Morgan fingerprint density at radius 1 is 1.42 bits per heavy atom. The van der Waals surface area contributed by atoms with Crippen molar-refractivity contribution in [3.05, 3.63) is 38.8 Å². The van der Waals surface area contributed by atoms with Crippen molar-refractivity contribution in [1.82, 2.24) is 0 Å². The van der Waals surface area contributed by atoms with E-state index in [9.17, 15) is 15.0 Å². The van der Waals surface area contributed by atoms with Gasteiger partial charge in [-0.3, -0.25) is 0 Å². The van der Waals surface area contributed by atoms with E-state index >= 15 is 0 Å². The summed E-state index contributed by atoms with van der Waals surface area (Å²) < 4.78 is 6.08. The summed E-state index contributed by atoms with van der Waals surface area (Å²) >= 11 is 6.40. The fourth-order valence-corrected chi connectivity index (χ4v) is 2.74. The second-order valence-corrected chi connectivity index (χ2v) is 5.44. The van der Waals surface area contributed by atoms with Crippen LogP contribution in [0.2, 0.25) is 0 Å². The van der Waals surface area contributed by atoms with Gasteiger partial charge in [0.05, 0.1) is 4.47 Å². The number of phenols is 1. The molecule has 0 fully saturated rings. The highest BCUT2D eigenvalue weighted by atomic mass is 79.9. The van der Waals surface area contributed by atoms with Gasteiger partial charge in [-0.05, 0) is 34.1 Å². The quantitative estimate of drug-likeness (QED) is 0.667. The number of aliphatic hydroxyl groups is 1. The van der Waals surface area contributed by atoms with Gasteiger partial charge in [0.2, 0.25) is 0 Å². The minimum Gasteiger partial charge on any atom is -0.506 e. The second kappa shape index (κ2) is 7.04. The summed E-state index contributed by atoms with van der Waals surface area (Å²) in [5.41, 5.74) is 0.225. The molecule has 0 aliphatic rings. The number of aromatic hydroxyl groups is 1. The van der Waals surface area contributed by atoms with Gasteiger partial charge in [0.15, 0.2) is 0 Å². The Morgan fingerprint density at radius 2 is 2.05 bits per heavy atom. The molecule has 2 atom stereocenters. The highest BCUT2D eigenvalue weighted by Gasteiger charge is 2.23. The minimum absolute atomic E-state index is 0.124. The lowest BCUT2D eigenvalue weighted by Gasteiger charge is -2.20. The number of ether oxygens (including phenoxy) is 1. The van der Waals surface area contributed by atoms with Gasteiger partial charge in [0.25, 0.3) is 0 Å². The molecule has 0 aliphatic heterocycles. The normalized spacial score (nSPS) is 14.5. The van der Waals surface area contributed by atoms with Gasteiger partial charge in [-0.2, -0.15) is 0 Å². The number of rotatable bonds is 5. The molecule has 0 saturated heterocycles. The molecule has 7 heteroatoms. The van der Waals surface area contributed by atoms with Gasteiger partial charge in [-0.15, -0.1) is 0 Å². The molecule has 0 radical (unpaired) electrons. The number of carboxylic acids is 1. The molecule has 0 aromatic heterocycles. The average Bonchev–Trinajstić information content (AvgIpc) is 2.33. The molecule has 0 spiro atoms. The Morgan fingerprint density at radius 3 is 2.58 bits per heavy atom. The fraction of sp³-hybridized carbons (Fsp3) is 0.250. The SMILES string of the molecule is CO[C@H](/C=C/C(=O)O)[C@H](O)c1cc(Br)cc(Br)c1O. The zero-order valence-corrected chi connectivity index (χ0v) is 13.1. The lowest BCUT2D eigenvalue weighted by atomic mass is 10.0. The molecule has 1 rings (SSSR count). The van der Waals surface area contributed by atoms with Gasteiger partial charge in [0.1, 0.15) is 18.0 Å². The van der Waals surface area contributed by atoms with Crippen molar-refractivity contribution < 1.29 is 24.9 Å². The van der Waals surface area contributed by atoms with E-state index in [1.807, 2.05) is 0 Å². The molecular formula is C12H12Br2O5. The second-order valence-electron chi connectivity index (χ2n) is 3.67. The first-order valence-electron chi connectivity index (χ1n) is 5.16. The molecule has 0 saturated carbocycles. The fourth-order valence-electron chi connectivity index (χ4n) is 1.48. The van der Waals surface area contributed by atoms with Crippen LogP contribution >= 0.6 is 31.9 Å². The number of aliphatic carboxylic acids is 1. The Bertz CT molecular complexity index is 501. The van der Waals surface area contributed by atoms with Crippen LogP contribution in [0.4, 0.5) is 0 Å². The number of carboxylic acid groups (broad SMARTS) is 1. The van der Waals surface area contributed by atoms with E-state index < -0.39 is 18.2 Å². The zero-order chi connectivity index (χ0) is 14.6. The van der Waals surface area contributed by atoms with Crippen molar-refractivity contribution in [2.45, 2.75) is 12.2 Å². The minimum atomic E-state index is -1.20. The Labute approximate surface area is 126 Å².